The number of nitro benzene ring substituents is 1. The molecule has 0 atom stereocenters. The number of rotatable bonds is 7. The smallest absolute Gasteiger partial charge is 0.292 e. The first-order valence-electron chi connectivity index (χ1n) is 10.6. The number of piperazine rings is 1. The monoisotopic (exact) mass is 431 g/mol. The van der Waals surface area contributed by atoms with Crippen molar-refractivity contribution in [2.45, 2.75) is 6.42 Å². The van der Waals surface area contributed by atoms with Crippen LogP contribution >= 0.6 is 0 Å². The molecular weight excluding hydrogens is 406 g/mol. The first-order chi connectivity index (χ1) is 15.6. The molecule has 0 N–H and O–H groups in total. The highest BCUT2D eigenvalue weighted by Gasteiger charge is 2.25. The minimum atomic E-state index is -0.367. The average molecular weight is 431 g/mol. The van der Waals surface area contributed by atoms with Crippen LogP contribution in [0.2, 0.25) is 0 Å². The largest absolute Gasteiger partial charge is 0.483 e. The Morgan fingerprint density at radius 1 is 0.875 bits per heavy atom. The maximum absolute atomic E-state index is 12.7. The van der Waals surface area contributed by atoms with Crippen molar-refractivity contribution in [3.8, 4) is 5.75 Å². The van der Waals surface area contributed by atoms with E-state index >= 15 is 0 Å². The summed E-state index contributed by atoms with van der Waals surface area (Å²) in [6.07, 6.45) is 0.736. The molecule has 1 amide bonds. The molecule has 1 saturated heterocycles. The molecule has 3 aromatic rings. The minimum Gasteiger partial charge on any atom is -0.483 e. The molecule has 1 aliphatic heterocycles. The Morgan fingerprint density at radius 2 is 1.53 bits per heavy atom. The van der Waals surface area contributed by atoms with Crippen LogP contribution in [0.4, 0.5) is 11.4 Å². The van der Waals surface area contributed by atoms with Gasteiger partial charge < -0.3 is 14.5 Å². The van der Waals surface area contributed by atoms with Crippen molar-refractivity contribution >= 4 is 17.3 Å². The van der Waals surface area contributed by atoms with Crippen molar-refractivity contribution in [2.75, 3.05) is 37.7 Å². The van der Waals surface area contributed by atoms with E-state index in [1.807, 2.05) is 47.4 Å². The molecule has 32 heavy (non-hydrogen) atoms. The van der Waals surface area contributed by atoms with Crippen LogP contribution in [-0.2, 0) is 11.2 Å². The van der Waals surface area contributed by atoms with Gasteiger partial charge in [-0.1, -0.05) is 60.7 Å². The van der Waals surface area contributed by atoms with Gasteiger partial charge >= 0.3 is 0 Å². The van der Waals surface area contributed by atoms with Crippen LogP contribution in [0.3, 0.4) is 0 Å². The number of amides is 1. The summed E-state index contributed by atoms with van der Waals surface area (Å²) in [7, 11) is 0. The van der Waals surface area contributed by atoms with E-state index in [1.54, 1.807) is 23.1 Å². The SMILES string of the molecule is O=C(COc1ccccc1Cc1ccccc1)N1CCN(c2ccccc2[N+](=O)[O-])CC1. The predicted octanol–water partition coefficient (Wildman–Crippen LogP) is 3.91. The van der Waals surface area contributed by atoms with Crippen LogP contribution in [-0.4, -0.2) is 48.5 Å². The predicted molar refractivity (Wildman–Crippen MR) is 123 cm³/mol. The van der Waals surface area contributed by atoms with E-state index in [-0.39, 0.29) is 23.1 Å². The number of nitrogens with zero attached hydrogens (tertiary/aromatic N) is 3. The number of nitro groups is 1. The normalized spacial score (nSPS) is 13.6. The van der Waals surface area contributed by atoms with Gasteiger partial charge in [-0.05, 0) is 23.3 Å². The maximum atomic E-state index is 12.7. The molecule has 0 aromatic heterocycles. The summed E-state index contributed by atoms with van der Waals surface area (Å²) in [4.78, 5) is 27.4. The van der Waals surface area contributed by atoms with E-state index in [2.05, 4.69) is 12.1 Å². The number of ether oxygens (including phenoxy) is 1. The van der Waals surface area contributed by atoms with Gasteiger partial charge in [-0.25, -0.2) is 0 Å². The second kappa shape index (κ2) is 9.96. The van der Waals surface area contributed by atoms with Gasteiger partial charge in [0, 0.05) is 38.7 Å². The summed E-state index contributed by atoms with van der Waals surface area (Å²) in [6.45, 7) is 2.06. The zero-order valence-corrected chi connectivity index (χ0v) is 17.7. The lowest BCUT2D eigenvalue weighted by atomic mass is 10.0. The molecule has 0 saturated carbocycles. The van der Waals surface area contributed by atoms with Gasteiger partial charge in [-0.2, -0.15) is 0 Å². The number of hydrogen-bond donors (Lipinski definition) is 0. The number of para-hydroxylation sites is 3. The minimum absolute atomic E-state index is 0.0305. The number of anilines is 1. The van der Waals surface area contributed by atoms with E-state index in [0.717, 1.165) is 12.0 Å². The van der Waals surface area contributed by atoms with Crippen LogP contribution in [0, 0.1) is 10.1 Å². The van der Waals surface area contributed by atoms with Gasteiger partial charge in [0.05, 0.1) is 4.92 Å². The second-order valence-corrected chi connectivity index (χ2v) is 7.67. The third-order valence-corrected chi connectivity index (χ3v) is 5.61. The fourth-order valence-electron chi connectivity index (χ4n) is 3.92. The zero-order valence-electron chi connectivity index (χ0n) is 17.7. The second-order valence-electron chi connectivity index (χ2n) is 7.67. The van der Waals surface area contributed by atoms with Crippen molar-refractivity contribution in [3.63, 3.8) is 0 Å². The zero-order chi connectivity index (χ0) is 22.3. The Morgan fingerprint density at radius 3 is 2.28 bits per heavy atom. The molecule has 7 nitrogen and oxygen atoms in total. The first-order valence-corrected chi connectivity index (χ1v) is 10.6. The lowest BCUT2D eigenvalue weighted by molar-refractivity contribution is -0.384. The fraction of sp³-hybridized carbons (Fsp3) is 0.240. The number of hydrogen-bond acceptors (Lipinski definition) is 5. The van der Waals surface area contributed by atoms with Crippen molar-refractivity contribution in [3.05, 3.63) is 100 Å². The van der Waals surface area contributed by atoms with Crippen LogP contribution in [0.5, 0.6) is 5.75 Å². The summed E-state index contributed by atoms with van der Waals surface area (Å²) in [5, 5.41) is 11.3. The van der Waals surface area contributed by atoms with Crippen molar-refractivity contribution in [1.29, 1.82) is 0 Å². The van der Waals surface area contributed by atoms with Gasteiger partial charge in [0.2, 0.25) is 0 Å². The van der Waals surface area contributed by atoms with E-state index in [0.29, 0.717) is 37.6 Å². The van der Waals surface area contributed by atoms with Crippen LogP contribution in [0.25, 0.3) is 0 Å². The summed E-state index contributed by atoms with van der Waals surface area (Å²) in [5.41, 5.74) is 2.90. The summed E-state index contributed by atoms with van der Waals surface area (Å²) in [5.74, 6) is 0.630. The van der Waals surface area contributed by atoms with Gasteiger partial charge in [-0.3, -0.25) is 14.9 Å². The molecule has 1 aliphatic rings. The van der Waals surface area contributed by atoms with Gasteiger partial charge in [0.25, 0.3) is 11.6 Å². The molecule has 0 bridgehead atoms. The Kier molecular flexibility index (Phi) is 6.65. The Bertz CT molecular complexity index is 1080. The van der Waals surface area contributed by atoms with E-state index < -0.39 is 0 Å². The van der Waals surface area contributed by atoms with E-state index in [4.69, 9.17) is 4.74 Å². The third-order valence-electron chi connectivity index (χ3n) is 5.61. The van der Waals surface area contributed by atoms with Gasteiger partial charge in [0.15, 0.2) is 6.61 Å². The Hall–Kier alpha value is -3.87. The van der Waals surface area contributed by atoms with E-state index in [1.165, 1.54) is 11.6 Å². The Labute approximate surface area is 187 Å². The quantitative estimate of drug-likeness (QED) is 0.419. The highest BCUT2D eigenvalue weighted by molar-refractivity contribution is 5.78. The van der Waals surface area contributed by atoms with Gasteiger partial charge in [0.1, 0.15) is 11.4 Å². The molecule has 0 spiro atoms. The number of carbonyl (C=O) groups excluding carboxylic acids is 1. The number of benzene rings is 3. The molecule has 3 aromatic carbocycles. The molecule has 1 heterocycles. The maximum Gasteiger partial charge on any atom is 0.292 e. The molecule has 0 aliphatic carbocycles. The highest BCUT2D eigenvalue weighted by Crippen LogP contribution is 2.28. The topological polar surface area (TPSA) is 75.9 Å². The van der Waals surface area contributed by atoms with Crippen molar-refractivity contribution in [1.82, 2.24) is 4.90 Å². The van der Waals surface area contributed by atoms with Crippen molar-refractivity contribution < 1.29 is 14.5 Å². The van der Waals surface area contributed by atoms with E-state index in [9.17, 15) is 14.9 Å². The molecule has 164 valence electrons. The Balaban J connectivity index is 1.33. The van der Waals surface area contributed by atoms with Crippen LogP contribution < -0.4 is 9.64 Å². The van der Waals surface area contributed by atoms with Crippen LogP contribution in [0.15, 0.2) is 78.9 Å². The molecule has 0 unspecified atom stereocenters. The summed E-state index contributed by atoms with van der Waals surface area (Å²) < 4.78 is 5.89. The van der Waals surface area contributed by atoms with Crippen molar-refractivity contribution in [2.24, 2.45) is 0 Å². The molecular formula is C25H25N3O4. The fourth-order valence-corrected chi connectivity index (χ4v) is 3.92. The lowest BCUT2D eigenvalue weighted by Gasteiger charge is -2.35. The summed E-state index contributed by atoms with van der Waals surface area (Å²) >= 11 is 0. The molecule has 7 heteroatoms. The number of carbonyl (C=O) groups is 1. The lowest BCUT2D eigenvalue weighted by Crippen LogP contribution is -2.50. The first kappa shape index (κ1) is 21.4. The molecule has 0 radical (unpaired) electrons. The highest BCUT2D eigenvalue weighted by atomic mass is 16.6. The molecule has 4 rings (SSSR count). The van der Waals surface area contributed by atoms with Crippen LogP contribution in [0.1, 0.15) is 11.1 Å². The average Bonchev–Trinajstić information content (AvgIpc) is 2.84. The molecule has 1 fully saturated rings. The standard InChI is InChI=1S/C25H25N3O4/c29-25(19-32-24-13-7-4-10-21(24)18-20-8-2-1-3-9-20)27-16-14-26(15-17-27)22-11-5-6-12-23(22)28(30)31/h1-13H,14-19H2. The third kappa shape index (κ3) is 5.06. The van der Waals surface area contributed by atoms with Gasteiger partial charge in [-0.15, -0.1) is 0 Å². The summed E-state index contributed by atoms with van der Waals surface area (Å²) in [6, 6.07) is 24.6.